The second kappa shape index (κ2) is 9.62. The maximum atomic E-state index is 5.98. The van der Waals surface area contributed by atoms with Gasteiger partial charge in [-0.15, -0.1) is 0 Å². The first-order valence-electron chi connectivity index (χ1n) is 9.74. The highest BCUT2D eigenvalue weighted by Gasteiger charge is 2.25. The zero-order valence-electron chi connectivity index (χ0n) is 16.2. The molecule has 3 atom stereocenters. The summed E-state index contributed by atoms with van der Waals surface area (Å²) in [5, 5.41) is 0. The predicted octanol–water partition coefficient (Wildman–Crippen LogP) is 5.32. The van der Waals surface area contributed by atoms with Crippen LogP contribution in [0.15, 0.2) is 24.0 Å². The number of ether oxygens (including phenoxy) is 3. The van der Waals surface area contributed by atoms with Crippen molar-refractivity contribution in [3.05, 3.63) is 24.0 Å². The molecule has 0 aromatic rings. The van der Waals surface area contributed by atoms with Crippen molar-refractivity contribution in [1.29, 1.82) is 0 Å². The van der Waals surface area contributed by atoms with E-state index in [0.29, 0.717) is 11.8 Å². The normalized spacial score (nSPS) is 25.0. The first-order chi connectivity index (χ1) is 11.5. The van der Waals surface area contributed by atoms with Crippen LogP contribution >= 0.6 is 0 Å². The lowest BCUT2D eigenvalue weighted by atomic mass is 9.75. The molecule has 0 bridgehead atoms. The minimum atomic E-state index is -0.197. The van der Waals surface area contributed by atoms with Crippen molar-refractivity contribution in [2.75, 3.05) is 13.2 Å². The molecule has 3 unspecified atom stereocenters. The molecule has 2 aliphatic rings. The zero-order valence-corrected chi connectivity index (χ0v) is 16.2. The molecule has 2 rings (SSSR count). The Kier molecular flexibility index (Phi) is 7.83. The molecule has 0 aromatic heterocycles. The van der Waals surface area contributed by atoms with Crippen LogP contribution in [0.3, 0.4) is 0 Å². The van der Waals surface area contributed by atoms with Gasteiger partial charge in [0.25, 0.3) is 0 Å². The van der Waals surface area contributed by atoms with E-state index in [1.807, 2.05) is 6.92 Å². The van der Waals surface area contributed by atoms with Gasteiger partial charge in [0.2, 0.25) is 0 Å². The lowest BCUT2D eigenvalue weighted by molar-refractivity contribution is -0.155. The van der Waals surface area contributed by atoms with Crippen molar-refractivity contribution in [1.82, 2.24) is 0 Å². The van der Waals surface area contributed by atoms with Crippen LogP contribution in [0.2, 0.25) is 0 Å². The van der Waals surface area contributed by atoms with Gasteiger partial charge in [0.1, 0.15) is 5.76 Å². The van der Waals surface area contributed by atoms with Crippen LogP contribution in [0.4, 0.5) is 0 Å². The second-order valence-electron chi connectivity index (χ2n) is 8.04. The Bertz CT molecular complexity index is 419. The van der Waals surface area contributed by atoms with E-state index in [0.717, 1.165) is 50.1 Å². The van der Waals surface area contributed by atoms with Gasteiger partial charge in [-0.1, -0.05) is 33.8 Å². The van der Waals surface area contributed by atoms with Crippen LogP contribution < -0.4 is 0 Å². The summed E-state index contributed by atoms with van der Waals surface area (Å²) in [4.78, 5) is 0. The smallest absolute Gasteiger partial charge is 0.197 e. The molecule has 0 aromatic carbocycles. The van der Waals surface area contributed by atoms with Crippen molar-refractivity contribution < 1.29 is 14.2 Å². The van der Waals surface area contributed by atoms with Gasteiger partial charge < -0.3 is 14.2 Å². The van der Waals surface area contributed by atoms with Gasteiger partial charge in [0.15, 0.2) is 6.29 Å². The van der Waals surface area contributed by atoms with Gasteiger partial charge in [0.05, 0.1) is 6.10 Å². The van der Waals surface area contributed by atoms with Crippen LogP contribution in [0, 0.1) is 23.7 Å². The summed E-state index contributed by atoms with van der Waals surface area (Å²) in [6, 6.07) is 0. The summed E-state index contributed by atoms with van der Waals surface area (Å²) >= 11 is 0. The lowest BCUT2D eigenvalue weighted by Gasteiger charge is -2.31. The molecule has 138 valence electrons. The van der Waals surface area contributed by atoms with Crippen molar-refractivity contribution in [2.24, 2.45) is 23.7 Å². The average molecular weight is 337 g/mol. The minimum Gasteiger partial charge on any atom is -0.466 e. The van der Waals surface area contributed by atoms with E-state index < -0.39 is 0 Å². The van der Waals surface area contributed by atoms with Gasteiger partial charge >= 0.3 is 0 Å². The van der Waals surface area contributed by atoms with Gasteiger partial charge in [-0.2, -0.15) is 0 Å². The Hall–Kier alpha value is -0.800. The Labute approximate surface area is 148 Å². The molecule has 1 fully saturated rings. The van der Waals surface area contributed by atoms with Crippen molar-refractivity contribution >= 4 is 0 Å². The first-order valence-corrected chi connectivity index (χ1v) is 9.74. The molecule has 3 heteroatoms. The van der Waals surface area contributed by atoms with Crippen LogP contribution in [-0.2, 0) is 14.2 Å². The quantitative estimate of drug-likeness (QED) is 0.561. The van der Waals surface area contributed by atoms with Crippen LogP contribution in [0.5, 0.6) is 0 Å². The van der Waals surface area contributed by atoms with E-state index >= 15 is 0 Å². The third-order valence-corrected chi connectivity index (χ3v) is 5.10. The Morgan fingerprint density at radius 2 is 1.83 bits per heavy atom. The molecular formula is C21H36O3. The summed E-state index contributed by atoms with van der Waals surface area (Å²) in [6.45, 7) is 12.9. The SMILES string of the molecule is CC(C)CC(C(C)C)C1C=CC(OC(C)OC2CCOCC2)=CC1. The molecule has 24 heavy (non-hydrogen) atoms. The monoisotopic (exact) mass is 336 g/mol. The van der Waals surface area contributed by atoms with E-state index in [9.17, 15) is 0 Å². The summed E-state index contributed by atoms with van der Waals surface area (Å²) < 4.78 is 17.3. The predicted molar refractivity (Wildman–Crippen MR) is 98.6 cm³/mol. The summed E-state index contributed by atoms with van der Waals surface area (Å²) in [5.41, 5.74) is 0. The molecule has 1 saturated heterocycles. The molecule has 1 aliphatic carbocycles. The van der Waals surface area contributed by atoms with E-state index in [2.05, 4.69) is 45.9 Å². The van der Waals surface area contributed by atoms with Crippen LogP contribution in [0.25, 0.3) is 0 Å². The molecule has 0 radical (unpaired) electrons. The van der Waals surface area contributed by atoms with Gasteiger partial charge in [-0.3, -0.25) is 0 Å². The fourth-order valence-electron chi connectivity index (χ4n) is 3.81. The molecule has 0 amide bonds. The summed E-state index contributed by atoms with van der Waals surface area (Å²) in [6.07, 6.45) is 11.1. The average Bonchev–Trinajstić information content (AvgIpc) is 2.54. The van der Waals surface area contributed by atoms with Gasteiger partial charge in [-0.25, -0.2) is 0 Å². The highest BCUT2D eigenvalue weighted by molar-refractivity contribution is 5.19. The zero-order chi connectivity index (χ0) is 17.5. The van der Waals surface area contributed by atoms with Crippen molar-refractivity contribution in [2.45, 2.75) is 72.7 Å². The minimum absolute atomic E-state index is 0.197. The standard InChI is InChI=1S/C21H36O3/c1-15(2)14-21(16(3)4)18-6-8-19(9-7-18)23-17(5)24-20-10-12-22-13-11-20/h6,8-9,15-18,20-21H,7,10-14H2,1-5H3. The van der Waals surface area contributed by atoms with E-state index in [-0.39, 0.29) is 12.4 Å². The highest BCUT2D eigenvalue weighted by Crippen LogP contribution is 2.34. The molecule has 0 spiro atoms. The molecule has 1 heterocycles. The summed E-state index contributed by atoms with van der Waals surface area (Å²) in [5.74, 6) is 3.80. The van der Waals surface area contributed by atoms with Crippen molar-refractivity contribution in [3.8, 4) is 0 Å². The lowest BCUT2D eigenvalue weighted by Crippen LogP contribution is -2.28. The second-order valence-corrected chi connectivity index (χ2v) is 8.04. The Balaban J connectivity index is 1.80. The Morgan fingerprint density at radius 3 is 2.38 bits per heavy atom. The number of allylic oxidation sites excluding steroid dienone is 3. The molecule has 0 N–H and O–H groups in total. The van der Waals surface area contributed by atoms with E-state index in [4.69, 9.17) is 14.2 Å². The van der Waals surface area contributed by atoms with Crippen LogP contribution in [-0.4, -0.2) is 25.6 Å². The van der Waals surface area contributed by atoms with Crippen molar-refractivity contribution in [3.63, 3.8) is 0 Å². The van der Waals surface area contributed by atoms with Gasteiger partial charge in [0, 0.05) is 13.2 Å². The molecule has 0 saturated carbocycles. The first kappa shape index (κ1) is 19.5. The van der Waals surface area contributed by atoms with E-state index in [1.165, 1.54) is 6.42 Å². The molecule has 3 nitrogen and oxygen atoms in total. The fraction of sp³-hybridized carbons (Fsp3) is 0.810. The van der Waals surface area contributed by atoms with E-state index in [1.54, 1.807) is 0 Å². The number of rotatable bonds is 8. The third kappa shape index (κ3) is 6.25. The largest absolute Gasteiger partial charge is 0.466 e. The molecular weight excluding hydrogens is 300 g/mol. The van der Waals surface area contributed by atoms with Gasteiger partial charge in [-0.05, 0) is 68.4 Å². The molecule has 1 aliphatic heterocycles. The maximum Gasteiger partial charge on any atom is 0.197 e. The topological polar surface area (TPSA) is 27.7 Å². The Morgan fingerprint density at radius 1 is 1.12 bits per heavy atom. The number of hydrogen-bond acceptors (Lipinski definition) is 3. The fourth-order valence-corrected chi connectivity index (χ4v) is 3.81. The third-order valence-electron chi connectivity index (χ3n) is 5.10. The van der Waals surface area contributed by atoms with Crippen LogP contribution in [0.1, 0.15) is 60.3 Å². The maximum absolute atomic E-state index is 5.98. The highest BCUT2D eigenvalue weighted by atomic mass is 16.7. The number of hydrogen-bond donors (Lipinski definition) is 0. The summed E-state index contributed by atoms with van der Waals surface area (Å²) in [7, 11) is 0.